The minimum Gasteiger partial charge on any atom is -0.481 e. The molecule has 0 aliphatic heterocycles. The molecule has 0 aliphatic rings. The SMILES string of the molecule is CC(C)C(=O)OCc1ccc(C[C@@H](C)C(=O)O)c(C(CCN(C(C)C)C(C)C)c2ccccc2)c1. The standard InChI is InChI=1S/C30H43NO4/c1-20(2)30(34)35-19-24-13-14-26(17-23(7)29(32)33)28(18-24)27(25-11-9-8-10-12-25)15-16-31(21(3)4)22(5)6/h8-14,18,20-23,27H,15-17,19H2,1-7H3,(H,32,33)/t23-,27?/m1/s1. The summed E-state index contributed by atoms with van der Waals surface area (Å²) >= 11 is 0. The fourth-order valence-corrected chi connectivity index (χ4v) is 4.56. The van der Waals surface area contributed by atoms with Crippen LogP contribution in [0.3, 0.4) is 0 Å². The Morgan fingerprint density at radius 3 is 2.09 bits per heavy atom. The summed E-state index contributed by atoms with van der Waals surface area (Å²) in [6, 6.07) is 17.4. The van der Waals surface area contributed by atoms with Gasteiger partial charge in [-0.2, -0.15) is 0 Å². The van der Waals surface area contributed by atoms with Crippen LogP contribution in [-0.4, -0.2) is 40.6 Å². The van der Waals surface area contributed by atoms with Gasteiger partial charge in [-0.25, -0.2) is 0 Å². The van der Waals surface area contributed by atoms with E-state index in [-0.39, 0.29) is 24.4 Å². The molecule has 35 heavy (non-hydrogen) atoms. The Kier molecular flexibility index (Phi) is 11.0. The second-order valence-electron chi connectivity index (χ2n) is 10.4. The lowest BCUT2D eigenvalue weighted by atomic mass is 9.82. The van der Waals surface area contributed by atoms with Crippen LogP contribution in [0.15, 0.2) is 48.5 Å². The number of ether oxygens (including phenoxy) is 1. The van der Waals surface area contributed by atoms with Crippen LogP contribution in [0.4, 0.5) is 0 Å². The molecule has 0 radical (unpaired) electrons. The van der Waals surface area contributed by atoms with Gasteiger partial charge < -0.3 is 9.84 Å². The van der Waals surface area contributed by atoms with Crippen LogP contribution in [0.25, 0.3) is 0 Å². The molecule has 0 aliphatic carbocycles. The van der Waals surface area contributed by atoms with E-state index in [4.69, 9.17) is 4.74 Å². The third-order valence-electron chi connectivity index (χ3n) is 6.59. The van der Waals surface area contributed by atoms with E-state index in [1.54, 1.807) is 6.92 Å². The van der Waals surface area contributed by atoms with Gasteiger partial charge in [0.15, 0.2) is 0 Å². The number of carboxylic acid groups (broad SMARTS) is 1. The summed E-state index contributed by atoms with van der Waals surface area (Å²) in [4.78, 5) is 26.2. The molecule has 5 heteroatoms. The van der Waals surface area contributed by atoms with Crippen molar-refractivity contribution in [3.8, 4) is 0 Å². The van der Waals surface area contributed by atoms with Gasteiger partial charge in [-0.3, -0.25) is 14.5 Å². The van der Waals surface area contributed by atoms with E-state index in [1.165, 1.54) is 5.56 Å². The Bertz CT molecular complexity index is 944. The number of esters is 1. The number of hydrogen-bond acceptors (Lipinski definition) is 4. The topological polar surface area (TPSA) is 66.8 Å². The monoisotopic (exact) mass is 481 g/mol. The summed E-state index contributed by atoms with van der Waals surface area (Å²) in [7, 11) is 0. The molecule has 2 atom stereocenters. The maximum absolute atomic E-state index is 12.1. The van der Waals surface area contributed by atoms with Gasteiger partial charge >= 0.3 is 11.9 Å². The Morgan fingerprint density at radius 2 is 1.54 bits per heavy atom. The molecule has 0 aromatic heterocycles. The van der Waals surface area contributed by atoms with Crippen LogP contribution in [0.2, 0.25) is 0 Å². The van der Waals surface area contributed by atoms with Crippen molar-refractivity contribution in [3.05, 3.63) is 70.8 Å². The summed E-state index contributed by atoms with van der Waals surface area (Å²) in [6.45, 7) is 15.4. The molecule has 0 amide bonds. The molecule has 1 N–H and O–H groups in total. The normalized spacial score (nSPS) is 13.5. The minimum absolute atomic E-state index is 0.105. The van der Waals surface area contributed by atoms with Gasteiger partial charge in [0, 0.05) is 18.0 Å². The zero-order chi connectivity index (χ0) is 26.1. The first kappa shape index (κ1) is 28.6. The van der Waals surface area contributed by atoms with Gasteiger partial charge in [-0.15, -0.1) is 0 Å². The zero-order valence-electron chi connectivity index (χ0n) is 22.5. The van der Waals surface area contributed by atoms with Gasteiger partial charge in [0.2, 0.25) is 0 Å². The maximum Gasteiger partial charge on any atom is 0.308 e. The van der Waals surface area contributed by atoms with Crippen molar-refractivity contribution in [2.45, 2.75) is 85.9 Å². The molecular weight excluding hydrogens is 438 g/mol. The highest BCUT2D eigenvalue weighted by atomic mass is 16.5. The predicted octanol–water partition coefficient (Wildman–Crippen LogP) is 6.29. The van der Waals surface area contributed by atoms with Crippen LogP contribution in [0.5, 0.6) is 0 Å². The summed E-state index contributed by atoms with van der Waals surface area (Å²) in [6.07, 6.45) is 1.36. The first-order valence-electron chi connectivity index (χ1n) is 12.8. The molecule has 1 unspecified atom stereocenters. The van der Waals surface area contributed by atoms with E-state index < -0.39 is 11.9 Å². The van der Waals surface area contributed by atoms with E-state index in [1.807, 2.05) is 32.0 Å². The molecule has 2 aromatic rings. The number of rotatable bonds is 13. The molecule has 0 bridgehead atoms. The van der Waals surface area contributed by atoms with Crippen molar-refractivity contribution in [3.63, 3.8) is 0 Å². The lowest BCUT2D eigenvalue weighted by Crippen LogP contribution is -2.38. The van der Waals surface area contributed by atoms with Crippen molar-refractivity contribution in [2.24, 2.45) is 11.8 Å². The molecule has 0 fully saturated rings. The minimum atomic E-state index is -0.798. The first-order valence-corrected chi connectivity index (χ1v) is 12.8. The average Bonchev–Trinajstić information content (AvgIpc) is 2.81. The Hall–Kier alpha value is -2.66. The van der Waals surface area contributed by atoms with Crippen LogP contribution in [-0.2, 0) is 27.4 Å². The lowest BCUT2D eigenvalue weighted by Gasteiger charge is -2.33. The zero-order valence-corrected chi connectivity index (χ0v) is 22.5. The molecule has 2 rings (SSSR count). The van der Waals surface area contributed by atoms with Crippen LogP contribution in [0.1, 0.15) is 83.1 Å². The molecule has 0 saturated carbocycles. The van der Waals surface area contributed by atoms with Crippen LogP contribution >= 0.6 is 0 Å². The fraction of sp³-hybridized carbons (Fsp3) is 0.533. The average molecular weight is 482 g/mol. The van der Waals surface area contributed by atoms with Crippen molar-refractivity contribution in [1.82, 2.24) is 4.90 Å². The van der Waals surface area contributed by atoms with Gasteiger partial charge in [0.25, 0.3) is 0 Å². The van der Waals surface area contributed by atoms with Crippen molar-refractivity contribution < 1.29 is 19.4 Å². The van der Waals surface area contributed by atoms with Crippen molar-refractivity contribution in [2.75, 3.05) is 6.54 Å². The quantitative estimate of drug-likeness (QED) is 0.341. The number of benzene rings is 2. The van der Waals surface area contributed by atoms with Crippen molar-refractivity contribution in [1.29, 1.82) is 0 Å². The third kappa shape index (κ3) is 8.50. The smallest absolute Gasteiger partial charge is 0.308 e. The highest BCUT2D eigenvalue weighted by Crippen LogP contribution is 2.33. The van der Waals surface area contributed by atoms with Gasteiger partial charge in [-0.1, -0.05) is 69.3 Å². The molecular formula is C30H43NO4. The van der Waals surface area contributed by atoms with Crippen LogP contribution < -0.4 is 0 Å². The van der Waals surface area contributed by atoms with Crippen LogP contribution in [0, 0.1) is 11.8 Å². The van der Waals surface area contributed by atoms with Gasteiger partial charge in [0.1, 0.15) is 6.61 Å². The summed E-state index contributed by atoms with van der Waals surface area (Å²) < 4.78 is 5.51. The summed E-state index contributed by atoms with van der Waals surface area (Å²) in [5.41, 5.74) is 4.29. The molecule has 5 nitrogen and oxygen atoms in total. The molecule has 2 aromatic carbocycles. The lowest BCUT2D eigenvalue weighted by molar-refractivity contribution is -0.148. The van der Waals surface area contributed by atoms with Crippen molar-refractivity contribution >= 4 is 11.9 Å². The maximum atomic E-state index is 12.1. The second-order valence-corrected chi connectivity index (χ2v) is 10.4. The number of carboxylic acids is 1. The van der Waals surface area contributed by atoms with E-state index >= 15 is 0 Å². The molecule has 0 saturated heterocycles. The number of nitrogens with zero attached hydrogens (tertiary/aromatic N) is 1. The van der Waals surface area contributed by atoms with Gasteiger partial charge in [0.05, 0.1) is 11.8 Å². The van der Waals surface area contributed by atoms with E-state index in [0.717, 1.165) is 29.7 Å². The predicted molar refractivity (Wildman–Crippen MR) is 141 cm³/mol. The number of aliphatic carboxylic acids is 1. The highest BCUT2D eigenvalue weighted by Gasteiger charge is 2.23. The van der Waals surface area contributed by atoms with E-state index in [2.05, 4.69) is 62.9 Å². The van der Waals surface area contributed by atoms with E-state index in [0.29, 0.717) is 18.5 Å². The third-order valence-corrected chi connectivity index (χ3v) is 6.59. The summed E-state index contributed by atoms with van der Waals surface area (Å²) in [5.74, 6) is -1.59. The second kappa shape index (κ2) is 13.4. The Labute approximate surface area is 211 Å². The fourth-order valence-electron chi connectivity index (χ4n) is 4.56. The summed E-state index contributed by atoms with van der Waals surface area (Å²) in [5, 5.41) is 9.58. The molecule has 0 heterocycles. The van der Waals surface area contributed by atoms with E-state index in [9.17, 15) is 14.7 Å². The number of carbonyl (C=O) groups excluding carboxylic acids is 1. The Morgan fingerprint density at radius 1 is 0.914 bits per heavy atom. The number of carbonyl (C=O) groups is 2. The Balaban J connectivity index is 2.50. The first-order chi connectivity index (χ1) is 16.5. The highest BCUT2D eigenvalue weighted by molar-refractivity contribution is 5.71. The molecule has 0 spiro atoms. The molecule has 192 valence electrons. The van der Waals surface area contributed by atoms with Gasteiger partial charge in [-0.05, 0) is 69.3 Å². The number of hydrogen-bond donors (Lipinski definition) is 1. The largest absolute Gasteiger partial charge is 0.481 e.